The normalized spacial score (nSPS) is 29.8. The van der Waals surface area contributed by atoms with E-state index >= 15 is 0 Å². The average molecular weight is 353 g/mol. The molecule has 2 atom stereocenters. The molecule has 1 aromatic rings. The molecule has 140 valence electrons. The molecule has 26 heavy (non-hydrogen) atoms. The van der Waals surface area contributed by atoms with Gasteiger partial charge in [-0.25, -0.2) is 0 Å². The summed E-state index contributed by atoms with van der Waals surface area (Å²) >= 11 is 0. The van der Waals surface area contributed by atoms with E-state index in [1.54, 1.807) is 0 Å². The highest BCUT2D eigenvalue weighted by molar-refractivity contribution is 5.84. The van der Waals surface area contributed by atoms with Crippen molar-refractivity contribution in [3.05, 3.63) is 48.2 Å². The fourth-order valence-electron chi connectivity index (χ4n) is 5.30. The lowest BCUT2D eigenvalue weighted by Gasteiger charge is -2.48. The third kappa shape index (κ3) is 3.54. The number of hydrogen-bond donors (Lipinski definition) is 0. The highest BCUT2D eigenvalue weighted by atomic mass is 16.2. The number of amides is 1. The monoisotopic (exact) mass is 352 g/mol. The minimum Gasteiger partial charge on any atom is -0.378 e. The van der Waals surface area contributed by atoms with Gasteiger partial charge in [0.2, 0.25) is 5.91 Å². The molecule has 3 nitrogen and oxygen atoms in total. The Hall–Kier alpha value is -1.77. The fraction of sp³-hybridized carbons (Fsp3) is 0.609. The van der Waals surface area contributed by atoms with E-state index in [0.29, 0.717) is 11.8 Å². The molecule has 0 bridgehead atoms. The van der Waals surface area contributed by atoms with Gasteiger partial charge in [-0.1, -0.05) is 49.2 Å². The van der Waals surface area contributed by atoms with Crippen LogP contribution < -0.4 is 0 Å². The van der Waals surface area contributed by atoms with Crippen LogP contribution in [-0.4, -0.2) is 35.3 Å². The van der Waals surface area contributed by atoms with Gasteiger partial charge in [0.1, 0.15) is 0 Å². The number of carbonyl (C=O) groups excluding carboxylic acids is 1. The molecule has 2 saturated heterocycles. The maximum Gasteiger partial charge on any atom is 0.229 e. The van der Waals surface area contributed by atoms with Crippen molar-refractivity contribution in [3.63, 3.8) is 0 Å². The van der Waals surface area contributed by atoms with Crippen molar-refractivity contribution in [2.24, 2.45) is 11.3 Å². The molecule has 2 aliphatic heterocycles. The maximum absolute atomic E-state index is 13.6. The van der Waals surface area contributed by atoms with E-state index < -0.39 is 0 Å². The summed E-state index contributed by atoms with van der Waals surface area (Å²) in [5.74, 6) is 0.839. The SMILES string of the molecule is O=C1N(Cc2ccccc2)CCCC12CCCCC2/C=C/N1CCCC1. The molecule has 1 aromatic carbocycles. The second-order valence-corrected chi connectivity index (χ2v) is 8.41. The van der Waals surface area contributed by atoms with Gasteiger partial charge in [-0.15, -0.1) is 0 Å². The van der Waals surface area contributed by atoms with E-state index in [-0.39, 0.29) is 5.41 Å². The van der Waals surface area contributed by atoms with Crippen LogP contribution in [0.1, 0.15) is 56.9 Å². The maximum atomic E-state index is 13.6. The number of benzene rings is 1. The van der Waals surface area contributed by atoms with Crippen LogP contribution in [0.3, 0.4) is 0 Å². The largest absolute Gasteiger partial charge is 0.378 e. The summed E-state index contributed by atoms with van der Waals surface area (Å²) in [6.07, 6.45) is 14.3. The number of likely N-dealkylation sites (tertiary alicyclic amines) is 2. The van der Waals surface area contributed by atoms with Crippen molar-refractivity contribution >= 4 is 5.91 Å². The molecule has 2 unspecified atom stereocenters. The van der Waals surface area contributed by atoms with E-state index in [1.807, 2.05) is 6.07 Å². The van der Waals surface area contributed by atoms with Crippen LogP contribution in [0.25, 0.3) is 0 Å². The van der Waals surface area contributed by atoms with Crippen LogP contribution in [0.2, 0.25) is 0 Å². The molecular weight excluding hydrogens is 320 g/mol. The predicted octanol–water partition coefficient (Wildman–Crippen LogP) is 4.60. The van der Waals surface area contributed by atoms with E-state index in [2.05, 4.69) is 46.3 Å². The second kappa shape index (κ2) is 7.85. The number of piperidine rings is 1. The minimum absolute atomic E-state index is 0.137. The molecule has 2 heterocycles. The first-order valence-corrected chi connectivity index (χ1v) is 10.5. The van der Waals surface area contributed by atoms with Crippen LogP contribution in [0.15, 0.2) is 42.6 Å². The van der Waals surface area contributed by atoms with Gasteiger partial charge in [0.25, 0.3) is 0 Å². The van der Waals surface area contributed by atoms with Gasteiger partial charge < -0.3 is 9.80 Å². The zero-order valence-corrected chi connectivity index (χ0v) is 15.9. The van der Waals surface area contributed by atoms with Crippen molar-refractivity contribution in [1.29, 1.82) is 0 Å². The summed E-state index contributed by atoms with van der Waals surface area (Å²) in [5, 5.41) is 0. The lowest BCUT2D eigenvalue weighted by Crippen LogP contribution is -2.52. The Morgan fingerprint density at radius 1 is 0.962 bits per heavy atom. The smallest absolute Gasteiger partial charge is 0.229 e. The molecule has 1 saturated carbocycles. The molecule has 0 N–H and O–H groups in total. The Bertz CT molecular complexity index is 631. The molecule has 3 heteroatoms. The highest BCUT2D eigenvalue weighted by Crippen LogP contribution is 2.49. The van der Waals surface area contributed by atoms with Crippen molar-refractivity contribution in [2.45, 2.75) is 57.9 Å². The molecule has 3 aliphatic rings. The number of carbonyl (C=O) groups is 1. The topological polar surface area (TPSA) is 23.6 Å². The van der Waals surface area contributed by atoms with Crippen molar-refractivity contribution in [2.75, 3.05) is 19.6 Å². The second-order valence-electron chi connectivity index (χ2n) is 8.41. The summed E-state index contributed by atoms with van der Waals surface area (Å²) in [5.41, 5.74) is 1.11. The molecule has 1 amide bonds. The van der Waals surface area contributed by atoms with Crippen LogP contribution in [-0.2, 0) is 11.3 Å². The van der Waals surface area contributed by atoms with Crippen molar-refractivity contribution in [1.82, 2.24) is 9.80 Å². The van der Waals surface area contributed by atoms with Gasteiger partial charge >= 0.3 is 0 Å². The first-order valence-electron chi connectivity index (χ1n) is 10.5. The fourth-order valence-corrected chi connectivity index (χ4v) is 5.30. The minimum atomic E-state index is -0.137. The molecule has 1 aliphatic carbocycles. The summed E-state index contributed by atoms with van der Waals surface area (Å²) < 4.78 is 0. The van der Waals surface area contributed by atoms with Crippen LogP contribution in [0.4, 0.5) is 0 Å². The number of hydrogen-bond acceptors (Lipinski definition) is 2. The van der Waals surface area contributed by atoms with E-state index in [4.69, 9.17) is 0 Å². The van der Waals surface area contributed by atoms with Gasteiger partial charge in [0, 0.05) is 26.2 Å². The molecule has 3 fully saturated rings. The lowest BCUT2D eigenvalue weighted by atomic mass is 9.61. The Kier molecular flexibility index (Phi) is 5.33. The molecular formula is C23H32N2O. The first-order chi connectivity index (χ1) is 12.8. The van der Waals surface area contributed by atoms with Crippen LogP contribution >= 0.6 is 0 Å². The van der Waals surface area contributed by atoms with Gasteiger partial charge in [0.05, 0.1) is 5.41 Å². The predicted molar refractivity (Wildman–Crippen MR) is 105 cm³/mol. The molecule has 0 aromatic heterocycles. The summed E-state index contributed by atoms with van der Waals surface area (Å²) in [6.45, 7) is 4.05. The van der Waals surface area contributed by atoms with Crippen molar-refractivity contribution in [3.8, 4) is 0 Å². The van der Waals surface area contributed by atoms with Crippen LogP contribution in [0, 0.1) is 11.3 Å². The zero-order valence-electron chi connectivity index (χ0n) is 15.9. The number of allylic oxidation sites excluding steroid dienone is 1. The van der Waals surface area contributed by atoms with Crippen LogP contribution in [0.5, 0.6) is 0 Å². The quantitative estimate of drug-likeness (QED) is 0.791. The number of rotatable bonds is 4. The molecule has 4 rings (SSSR count). The first kappa shape index (κ1) is 17.6. The Labute approximate surface area is 158 Å². The molecule has 0 radical (unpaired) electrons. The van der Waals surface area contributed by atoms with Gasteiger partial charge in [-0.05, 0) is 56.2 Å². The van der Waals surface area contributed by atoms with E-state index in [1.165, 1.54) is 50.8 Å². The Morgan fingerprint density at radius 2 is 1.73 bits per heavy atom. The third-order valence-electron chi connectivity index (χ3n) is 6.75. The van der Waals surface area contributed by atoms with Crippen molar-refractivity contribution < 1.29 is 4.79 Å². The Balaban J connectivity index is 1.52. The summed E-state index contributed by atoms with van der Waals surface area (Å²) in [4.78, 5) is 18.2. The van der Waals surface area contributed by atoms with Gasteiger partial charge in [-0.2, -0.15) is 0 Å². The summed E-state index contributed by atoms with van der Waals surface area (Å²) in [7, 11) is 0. The van der Waals surface area contributed by atoms with E-state index in [0.717, 1.165) is 32.4 Å². The standard InChI is InChI=1S/C23H32N2O/c26-22-23(14-8-17-25(22)19-20-9-2-1-3-10-20)13-5-4-11-21(23)12-18-24-15-6-7-16-24/h1-3,9-10,12,18,21H,4-8,11,13-17,19H2/b18-12+. The third-order valence-corrected chi connectivity index (χ3v) is 6.75. The lowest BCUT2D eigenvalue weighted by molar-refractivity contribution is -0.152. The zero-order chi connectivity index (χ0) is 17.8. The highest BCUT2D eigenvalue weighted by Gasteiger charge is 2.49. The van der Waals surface area contributed by atoms with Gasteiger partial charge in [0.15, 0.2) is 0 Å². The van der Waals surface area contributed by atoms with E-state index in [9.17, 15) is 4.79 Å². The summed E-state index contributed by atoms with van der Waals surface area (Å²) in [6, 6.07) is 10.5. The molecule has 1 spiro atoms. The Morgan fingerprint density at radius 3 is 2.54 bits per heavy atom. The number of nitrogens with zero attached hydrogens (tertiary/aromatic N) is 2. The van der Waals surface area contributed by atoms with Gasteiger partial charge in [-0.3, -0.25) is 4.79 Å². The average Bonchev–Trinajstić information content (AvgIpc) is 3.19.